The van der Waals surface area contributed by atoms with Crippen LogP contribution in [0, 0.1) is 0 Å². The number of hydrazone groups is 2. The number of ketones is 1. The van der Waals surface area contributed by atoms with Crippen molar-refractivity contribution in [1.82, 2.24) is 15.4 Å². The SMILES string of the molecule is C=CC(=O)/C(=N\NC/C=N\N(C)CCC)OC(C)/C=C/c1cc(OCCOC)cnc1C=C.CCC. The van der Waals surface area contributed by atoms with Crippen molar-refractivity contribution in [2.75, 3.05) is 40.5 Å². The summed E-state index contributed by atoms with van der Waals surface area (Å²) in [5.74, 6) is 0.103. The van der Waals surface area contributed by atoms with Gasteiger partial charge in [0, 0.05) is 32.5 Å². The van der Waals surface area contributed by atoms with Crippen LogP contribution in [0.5, 0.6) is 5.75 Å². The van der Waals surface area contributed by atoms with E-state index in [1.165, 1.54) is 6.42 Å². The molecule has 1 rings (SSSR count). The molecule has 1 aromatic heterocycles. The first-order valence-corrected chi connectivity index (χ1v) is 12.2. The minimum Gasteiger partial charge on any atom is -0.490 e. The predicted molar refractivity (Wildman–Crippen MR) is 149 cm³/mol. The van der Waals surface area contributed by atoms with Crippen molar-refractivity contribution >= 4 is 30.0 Å². The van der Waals surface area contributed by atoms with Gasteiger partial charge < -0.3 is 24.6 Å². The van der Waals surface area contributed by atoms with Crippen molar-refractivity contribution < 1.29 is 19.0 Å². The van der Waals surface area contributed by atoms with Crippen LogP contribution >= 0.6 is 0 Å². The molecule has 0 aliphatic carbocycles. The van der Waals surface area contributed by atoms with Crippen LogP contribution in [0.3, 0.4) is 0 Å². The molecule has 0 aliphatic heterocycles. The van der Waals surface area contributed by atoms with Gasteiger partial charge in [-0.1, -0.05) is 46.4 Å². The molecule has 1 heterocycles. The third-order valence-corrected chi connectivity index (χ3v) is 4.10. The monoisotopic (exact) mass is 501 g/mol. The molecular weight excluding hydrogens is 458 g/mol. The number of hydrogen-bond donors (Lipinski definition) is 1. The number of nitrogens with one attached hydrogen (secondary N) is 1. The van der Waals surface area contributed by atoms with Crippen LogP contribution < -0.4 is 10.2 Å². The lowest BCUT2D eigenvalue weighted by atomic mass is 10.1. The Bertz CT molecular complexity index is 868. The number of carbonyl (C=O) groups excluding carboxylic acids is 1. The summed E-state index contributed by atoms with van der Waals surface area (Å²) in [6.45, 7) is 17.5. The van der Waals surface area contributed by atoms with Crippen molar-refractivity contribution in [3.63, 3.8) is 0 Å². The van der Waals surface area contributed by atoms with E-state index in [9.17, 15) is 4.79 Å². The van der Waals surface area contributed by atoms with E-state index in [0.29, 0.717) is 31.2 Å². The molecule has 200 valence electrons. The molecule has 0 spiro atoms. The Balaban J connectivity index is 0.00000387. The highest BCUT2D eigenvalue weighted by molar-refractivity contribution is 6.40. The van der Waals surface area contributed by atoms with Crippen molar-refractivity contribution in [1.29, 1.82) is 0 Å². The second kappa shape index (κ2) is 20.9. The Kier molecular flexibility index (Phi) is 18.9. The van der Waals surface area contributed by atoms with Crippen molar-refractivity contribution in [2.45, 2.75) is 46.6 Å². The average molecular weight is 502 g/mol. The standard InChI is InChI=1S/C24H35N5O4.C3H8/c1-7-14-29(5)27-13-12-26-28-24(23(30)9-3)33-19(4)10-11-20-17-21(32-16-15-31-6)18-25-22(20)8-2;1-3-2/h8-11,13,17-19,26H,2-3,7,12,14-16H2,1,4-6H3;3H2,1-2H3/b11-10+,27-13-,28-24+;. The Morgan fingerprint density at radius 2 is 2.00 bits per heavy atom. The molecule has 1 N–H and O–H groups in total. The summed E-state index contributed by atoms with van der Waals surface area (Å²) >= 11 is 0. The van der Waals surface area contributed by atoms with Crippen molar-refractivity contribution in [3.05, 3.63) is 48.8 Å². The summed E-state index contributed by atoms with van der Waals surface area (Å²) in [7, 11) is 3.50. The maximum Gasteiger partial charge on any atom is 0.279 e. The van der Waals surface area contributed by atoms with Gasteiger partial charge in [0.2, 0.25) is 5.78 Å². The van der Waals surface area contributed by atoms with Crippen LogP contribution in [0.1, 0.15) is 51.8 Å². The first kappa shape index (κ1) is 32.5. The molecule has 9 nitrogen and oxygen atoms in total. The van der Waals surface area contributed by atoms with Crippen molar-refractivity contribution in [3.8, 4) is 5.75 Å². The van der Waals surface area contributed by atoms with Gasteiger partial charge in [-0.15, -0.1) is 5.10 Å². The maximum atomic E-state index is 12.1. The number of rotatable bonds is 16. The van der Waals surface area contributed by atoms with E-state index in [4.69, 9.17) is 14.2 Å². The normalized spacial score (nSPS) is 12.0. The van der Waals surface area contributed by atoms with E-state index in [-0.39, 0.29) is 5.90 Å². The Hall–Kier alpha value is -3.46. The number of nitrogens with zero attached hydrogens (tertiary/aromatic N) is 4. The second-order valence-electron chi connectivity index (χ2n) is 7.61. The number of methoxy groups -OCH3 is 1. The maximum absolute atomic E-state index is 12.1. The molecule has 0 aliphatic rings. The van der Waals surface area contributed by atoms with E-state index in [0.717, 1.165) is 24.6 Å². The molecule has 1 aromatic rings. The molecule has 0 aromatic carbocycles. The number of aromatic nitrogens is 1. The summed E-state index contributed by atoms with van der Waals surface area (Å²) < 4.78 is 16.3. The summed E-state index contributed by atoms with van der Waals surface area (Å²) in [6, 6.07) is 1.85. The minimum absolute atomic E-state index is 0.0869. The van der Waals surface area contributed by atoms with Gasteiger partial charge >= 0.3 is 0 Å². The van der Waals surface area contributed by atoms with Gasteiger partial charge in [0.1, 0.15) is 18.5 Å². The molecule has 36 heavy (non-hydrogen) atoms. The highest BCUT2D eigenvalue weighted by Crippen LogP contribution is 2.18. The van der Waals surface area contributed by atoms with Crippen LogP contribution in [0.2, 0.25) is 0 Å². The fourth-order valence-electron chi connectivity index (χ4n) is 2.50. The lowest BCUT2D eigenvalue weighted by Gasteiger charge is -2.12. The molecule has 1 unspecified atom stereocenters. The molecule has 1 atom stereocenters. The molecule has 9 heteroatoms. The number of hydrogen-bond acceptors (Lipinski definition) is 9. The second-order valence-corrected chi connectivity index (χ2v) is 7.61. The fraction of sp³-hybridized carbons (Fsp3) is 0.481. The van der Waals surface area contributed by atoms with E-state index >= 15 is 0 Å². The molecule has 0 bridgehead atoms. The molecule has 0 radical (unpaired) electrons. The van der Waals surface area contributed by atoms with Gasteiger partial charge in [0.05, 0.1) is 25.0 Å². The summed E-state index contributed by atoms with van der Waals surface area (Å²) in [6.07, 6.45) is 11.5. The number of ether oxygens (including phenoxy) is 3. The van der Waals surface area contributed by atoms with Crippen LogP contribution in [-0.2, 0) is 14.3 Å². The summed E-state index contributed by atoms with van der Waals surface area (Å²) in [5.41, 5.74) is 4.27. The fourth-order valence-corrected chi connectivity index (χ4v) is 2.50. The predicted octanol–water partition coefficient (Wildman–Crippen LogP) is 4.57. The molecular formula is C27H43N5O4. The molecule has 0 fully saturated rings. The van der Waals surface area contributed by atoms with Gasteiger partial charge in [0.25, 0.3) is 5.90 Å². The Labute approximate surface area is 216 Å². The molecule has 0 saturated heterocycles. The third kappa shape index (κ3) is 14.7. The van der Waals surface area contributed by atoms with Gasteiger partial charge in [-0.3, -0.25) is 9.78 Å². The smallest absolute Gasteiger partial charge is 0.279 e. The zero-order valence-electron chi connectivity index (χ0n) is 22.7. The topological polar surface area (TPSA) is 97.6 Å². The quantitative estimate of drug-likeness (QED) is 0.116. The zero-order chi connectivity index (χ0) is 27.2. The van der Waals surface area contributed by atoms with Gasteiger partial charge in [0.15, 0.2) is 0 Å². The van der Waals surface area contributed by atoms with Crippen LogP contribution in [0.15, 0.2) is 47.8 Å². The summed E-state index contributed by atoms with van der Waals surface area (Å²) in [4.78, 5) is 16.5. The van der Waals surface area contributed by atoms with Crippen LogP contribution in [0.4, 0.5) is 0 Å². The van der Waals surface area contributed by atoms with E-state index in [2.05, 4.69) is 54.5 Å². The first-order chi connectivity index (χ1) is 17.4. The van der Waals surface area contributed by atoms with Gasteiger partial charge in [-0.25, -0.2) is 0 Å². The largest absolute Gasteiger partial charge is 0.490 e. The van der Waals surface area contributed by atoms with Gasteiger partial charge in [-0.2, -0.15) is 5.10 Å². The number of carbonyl (C=O) groups is 1. The van der Waals surface area contributed by atoms with Crippen molar-refractivity contribution in [2.24, 2.45) is 10.2 Å². The lowest BCUT2D eigenvalue weighted by molar-refractivity contribution is -0.110. The van der Waals surface area contributed by atoms with E-state index in [1.54, 1.807) is 38.6 Å². The molecule has 0 saturated carbocycles. The van der Waals surface area contributed by atoms with Crippen LogP contribution in [-0.4, -0.2) is 74.5 Å². The molecule has 0 amide bonds. The van der Waals surface area contributed by atoms with Gasteiger partial charge in [-0.05, 0) is 37.6 Å². The first-order valence-electron chi connectivity index (χ1n) is 12.2. The zero-order valence-corrected chi connectivity index (χ0v) is 22.7. The summed E-state index contributed by atoms with van der Waals surface area (Å²) in [5, 5.41) is 10.1. The number of pyridine rings is 1. The van der Waals surface area contributed by atoms with Crippen LogP contribution in [0.25, 0.3) is 12.2 Å². The lowest BCUT2D eigenvalue weighted by Crippen LogP contribution is -2.24. The Morgan fingerprint density at radius 1 is 1.28 bits per heavy atom. The minimum atomic E-state index is -0.450. The highest BCUT2D eigenvalue weighted by Gasteiger charge is 2.12. The van der Waals surface area contributed by atoms with E-state index in [1.807, 2.05) is 24.2 Å². The highest BCUT2D eigenvalue weighted by atomic mass is 16.5. The average Bonchev–Trinajstić information content (AvgIpc) is 2.87. The Morgan fingerprint density at radius 3 is 2.61 bits per heavy atom. The van der Waals surface area contributed by atoms with E-state index < -0.39 is 11.9 Å². The third-order valence-electron chi connectivity index (χ3n) is 4.10.